The van der Waals surface area contributed by atoms with Crippen molar-refractivity contribution in [2.75, 3.05) is 13.7 Å². The molecule has 0 aliphatic heterocycles. The van der Waals surface area contributed by atoms with Crippen molar-refractivity contribution in [1.82, 2.24) is 19.7 Å². The van der Waals surface area contributed by atoms with Crippen molar-refractivity contribution in [1.29, 1.82) is 0 Å². The third-order valence-corrected chi connectivity index (χ3v) is 5.10. The monoisotopic (exact) mass is 422 g/mol. The van der Waals surface area contributed by atoms with Crippen molar-refractivity contribution >= 4 is 11.0 Å². The van der Waals surface area contributed by atoms with E-state index in [1.807, 2.05) is 59.0 Å². The Morgan fingerprint density at radius 3 is 2.58 bits per heavy atom. The molecule has 4 rings (SSSR count). The highest BCUT2D eigenvalue weighted by Gasteiger charge is 2.16. The molecular weight excluding hydrogens is 396 g/mol. The van der Waals surface area contributed by atoms with Crippen molar-refractivity contribution in [2.45, 2.75) is 34.3 Å². The van der Waals surface area contributed by atoms with Crippen LogP contribution in [0.4, 0.5) is 0 Å². The molecular formula is C23H26N4O4. The molecule has 31 heavy (non-hydrogen) atoms. The molecule has 0 amide bonds. The van der Waals surface area contributed by atoms with Gasteiger partial charge in [-0.3, -0.25) is 4.68 Å². The Bertz CT molecular complexity index is 1240. The van der Waals surface area contributed by atoms with Gasteiger partial charge in [0, 0.05) is 24.1 Å². The molecule has 8 nitrogen and oxygen atoms in total. The summed E-state index contributed by atoms with van der Waals surface area (Å²) in [5, 5.41) is 5.50. The van der Waals surface area contributed by atoms with Gasteiger partial charge in [-0.15, -0.1) is 0 Å². The molecule has 0 bridgehead atoms. The number of hydrogen-bond acceptors (Lipinski definition) is 7. The number of pyridine rings is 1. The lowest BCUT2D eigenvalue weighted by molar-refractivity contribution is 0.288. The first kappa shape index (κ1) is 20.7. The van der Waals surface area contributed by atoms with Crippen LogP contribution in [-0.4, -0.2) is 33.5 Å². The molecule has 0 fully saturated rings. The zero-order valence-corrected chi connectivity index (χ0v) is 18.6. The van der Waals surface area contributed by atoms with E-state index in [9.17, 15) is 0 Å². The minimum Gasteiger partial charge on any atom is -0.493 e. The van der Waals surface area contributed by atoms with Crippen molar-refractivity contribution < 1.29 is 18.6 Å². The summed E-state index contributed by atoms with van der Waals surface area (Å²) in [5.41, 5.74) is 4.34. The van der Waals surface area contributed by atoms with E-state index >= 15 is 0 Å². The Hall–Kier alpha value is -3.55. The van der Waals surface area contributed by atoms with Crippen LogP contribution in [-0.2, 0) is 13.7 Å². The van der Waals surface area contributed by atoms with Crippen LogP contribution in [0.25, 0.3) is 22.5 Å². The first-order valence-corrected chi connectivity index (χ1v) is 10.1. The van der Waals surface area contributed by atoms with Gasteiger partial charge in [0.25, 0.3) is 0 Å². The second-order valence-corrected chi connectivity index (χ2v) is 7.29. The number of aromatic nitrogens is 4. The molecule has 4 aromatic rings. The summed E-state index contributed by atoms with van der Waals surface area (Å²) in [6.45, 7) is 8.62. The average Bonchev–Trinajstić information content (AvgIpc) is 3.26. The van der Waals surface area contributed by atoms with Gasteiger partial charge in [-0.25, -0.2) is 4.98 Å². The zero-order chi connectivity index (χ0) is 22.1. The lowest BCUT2D eigenvalue weighted by Gasteiger charge is -2.09. The van der Waals surface area contributed by atoms with Gasteiger partial charge in [0.05, 0.1) is 19.4 Å². The van der Waals surface area contributed by atoms with E-state index in [4.69, 9.17) is 18.6 Å². The fourth-order valence-corrected chi connectivity index (χ4v) is 3.61. The van der Waals surface area contributed by atoms with Crippen LogP contribution < -0.4 is 14.2 Å². The molecule has 0 saturated heterocycles. The van der Waals surface area contributed by atoms with Gasteiger partial charge < -0.3 is 18.6 Å². The smallest absolute Gasteiger partial charge is 0.226 e. The van der Waals surface area contributed by atoms with E-state index in [1.54, 1.807) is 11.8 Å². The number of rotatable bonds is 7. The maximum Gasteiger partial charge on any atom is 0.226 e. The van der Waals surface area contributed by atoms with Crippen LogP contribution in [0.15, 0.2) is 28.7 Å². The molecule has 0 aliphatic carbocycles. The molecule has 8 heteroatoms. The normalized spacial score (nSPS) is 11.2. The maximum atomic E-state index is 5.95. The van der Waals surface area contributed by atoms with Crippen LogP contribution >= 0.6 is 0 Å². The summed E-state index contributed by atoms with van der Waals surface area (Å²) in [6, 6.07) is 7.52. The maximum absolute atomic E-state index is 5.95. The highest BCUT2D eigenvalue weighted by atomic mass is 16.5. The molecule has 0 unspecified atom stereocenters. The molecule has 0 atom stereocenters. The van der Waals surface area contributed by atoms with Gasteiger partial charge in [-0.1, -0.05) is 0 Å². The Morgan fingerprint density at radius 2 is 1.84 bits per heavy atom. The van der Waals surface area contributed by atoms with Crippen molar-refractivity contribution in [3.05, 3.63) is 47.0 Å². The zero-order valence-electron chi connectivity index (χ0n) is 18.6. The highest BCUT2D eigenvalue weighted by Crippen LogP contribution is 2.33. The number of ether oxygens (including phenoxy) is 3. The summed E-state index contributed by atoms with van der Waals surface area (Å²) >= 11 is 0. The third-order valence-electron chi connectivity index (χ3n) is 5.10. The van der Waals surface area contributed by atoms with E-state index in [1.165, 1.54) is 0 Å². The van der Waals surface area contributed by atoms with Gasteiger partial charge in [-0.05, 0) is 51.5 Å². The summed E-state index contributed by atoms with van der Waals surface area (Å²) in [5.74, 6) is 3.03. The molecule has 0 aliphatic rings. The first-order chi connectivity index (χ1) is 14.9. The topological polar surface area (TPSA) is 84.4 Å². The number of methoxy groups -OCH3 is 1. The SMILES string of the molecule is CCOc1ccc(-c2nc(COc3cc(C)c4c(C)nn(C)c4n3)c(C)o2)cc1OC. The largest absolute Gasteiger partial charge is 0.493 e. The molecule has 0 saturated carbocycles. The predicted molar refractivity (Wildman–Crippen MR) is 117 cm³/mol. The molecule has 0 N–H and O–H groups in total. The third kappa shape index (κ3) is 3.93. The summed E-state index contributed by atoms with van der Waals surface area (Å²) in [6.07, 6.45) is 0. The Kier molecular flexibility index (Phi) is 5.54. The molecule has 0 radical (unpaired) electrons. The van der Waals surface area contributed by atoms with Crippen molar-refractivity contribution in [2.24, 2.45) is 7.05 Å². The average molecular weight is 422 g/mol. The molecule has 1 aromatic carbocycles. The second-order valence-electron chi connectivity index (χ2n) is 7.29. The number of oxazole rings is 1. The number of nitrogens with zero attached hydrogens (tertiary/aromatic N) is 4. The van der Waals surface area contributed by atoms with Crippen LogP contribution in [0.2, 0.25) is 0 Å². The molecule has 0 spiro atoms. The van der Waals surface area contributed by atoms with E-state index in [2.05, 4.69) is 15.1 Å². The predicted octanol–water partition coefficient (Wildman–Crippen LogP) is 4.53. The minimum atomic E-state index is 0.248. The number of hydrogen-bond donors (Lipinski definition) is 0. The van der Waals surface area contributed by atoms with Crippen LogP contribution in [0, 0.1) is 20.8 Å². The summed E-state index contributed by atoms with van der Waals surface area (Å²) < 4.78 is 24.6. The van der Waals surface area contributed by atoms with Crippen molar-refractivity contribution in [3.63, 3.8) is 0 Å². The van der Waals surface area contributed by atoms with E-state index in [0.29, 0.717) is 41.3 Å². The second kappa shape index (κ2) is 8.29. The lowest BCUT2D eigenvalue weighted by Crippen LogP contribution is -2.01. The van der Waals surface area contributed by atoms with E-state index in [-0.39, 0.29) is 6.61 Å². The number of benzene rings is 1. The van der Waals surface area contributed by atoms with Gasteiger partial charge in [0.15, 0.2) is 17.1 Å². The van der Waals surface area contributed by atoms with Crippen LogP contribution in [0.3, 0.4) is 0 Å². The Morgan fingerprint density at radius 1 is 1.03 bits per heavy atom. The van der Waals surface area contributed by atoms with E-state index < -0.39 is 0 Å². The highest BCUT2D eigenvalue weighted by molar-refractivity contribution is 5.82. The standard InChI is InChI=1S/C23H26N4O4/c1-7-29-18-9-8-16(11-19(18)28-6)23-24-17(15(4)31-23)12-30-20-10-13(2)21-14(3)26-27(5)22(21)25-20/h8-11H,7,12H2,1-6H3. The fraction of sp³-hybridized carbons (Fsp3) is 0.348. The Labute approximate surface area is 180 Å². The quantitative estimate of drug-likeness (QED) is 0.432. The van der Waals surface area contributed by atoms with Gasteiger partial charge in [-0.2, -0.15) is 10.1 Å². The van der Waals surface area contributed by atoms with Gasteiger partial charge in [0.1, 0.15) is 18.1 Å². The number of fused-ring (bicyclic) bond motifs is 1. The summed E-state index contributed by atoms with van der Waals surface area (Å²) in [4.78, 5) is 9.22. The van der Waals surface area contributed by atoms with Crippen LogP contribution in [0.5, 0.6) is 17.4 Å². The van der Waals surface area contributed by atoms with Gasteiger partial charge in [0.2, 0.25) is 11.8 Å². The Balaban J connectivity index is 1.56. The summed E-state index contributed by atoms with van der Waals surface area (Å²) in [7, 11) is 3.49. The lowest BCUT2D eigenvalue weighted by atomic mass is 10.2. The van der Waals surface area contributed by atoms with Crippen LogP contribution in [0.1, 0.15) is 29.6 Å². The molecule has 3 aromatic heterocycles. The van der Waals surface area contributed by atoms with Gasteiger partial charge >= 0.3 is 0 Å². The minimum absolute atomic E-state index is 0.248. The molecule has 3 heterocycles. The fourth-order valence-electron chi connectivity index (χ4n) is 3.61. The number of aryl methyl sites for hydroxylation is 4. The molecule has 162 valence electrons. The van der Waals surface area contributed by atoms with Crippen molar-refractivity contribution in [3.8, 4) is 28.8 Å². The van der Waals surface area contributed by atoms with E-state index in [0.717, 1.165) is 27.9 Å². The first-order valence-electron chi connectivity index (χ1n) is 10.1.